The van der Waals surface area contributed by atoms with Gasteiger partial charge in [-0.05, 0) is 54.5 Å². The van der Waals surface area contributed by atoms with E-state index in [1.54, 1.807) is 19.1 Å². The van der Waals surface area contributed by atoms with Gasteiger partial charge in [-0.3, -0.25) is 4.68 Å². The third-order valence-corrected chi connectivity index (χ3v) is 4.26. The second-order valence-corrected chi connectivity index (χ2v) is 6.45. The van der Waals surface area contributed by atoms with Crippen LogP contribution in [0.15, 0.2) is 54.6 Å². The average molecular weight is 404 g/mol. The molecule has 0 aliphatic carbocycles. The lowest BCUT2D eigenvalue weighted by Crippen LogP contribution is -2.05. The zero-order chi connectivity index (χ0) is 21.2. The van der Waals surface area contributed by atoms with Crippen LogP contribution in [0.25, 0.3) is 11.9 Å². The van der Waals surface area contributed by atoms with Crippen LogP contribution in [-0.2, 0) is 12.7 Å². The lowest BCUT2D eigenvalue weighted by Gasteiger charge is -2.06. The lowest BCUT2D eigenvalue weighted by molar-refractivity contribution is -0.137. The van der Waals surface area contributed by atoms with Crippen LogP contribution in [0.5, 0.6) is 0 Å². The number of rotatable bonds is 5. The molecule has 0 amide bonds. The van der Waals surface area contributed by atoms with E-state index in [1.807, 2.05) is 0 Å². The number of halogens is 4. The molecule has 0 saturated heterocycles. The molecule has 0 bridgehead atoms. The van der Waals surface area contributed by atoms with Gasteiger partial charge < -0.3 is 5.11 Å². The Morgan fingerprint density at radius 3 is 2.45 bits per heavy atom. The Balaban J connectivity index is 1.81. The molecule has 0 unspecified atom stereocenters. The summed E-state index contributed by atoms with van der Waals surface area (Å²) in [6.07, 6.45) is -3.34. The second kappa shape index (κ2) is 7.90. The summed E-state index contributed by atoms with van der Waals surface area (Å²) in [4.78, 5) is 11.1. The number of aromatic nitrogens is 2. The summed E-state index contributed by atoms with van der Waals surface area (Å²) >= 11 is 0. The maximum absolute atomic E-state index is 14.5. The molecule has 2 aromatic carbocycles. The molecule has 1 heterocycles. The lowest BCUT2D eigenvalue weighted by atomic mass is 10.1. The first-order chi connectivity index (χ1) is 13.6. The van der Waals surface area contributed by atoms with Crippen LogP contribution < -0.4 is 0 Å². The van der Waals surface area contributed by atoms with Gasteiger partial charge in [-0.25, -0.2) is 9.18 Å². The van der Waals surface area contributed by atoms with E-state index in [2.05, 4.69) is 5.10 Å². The van der Waals surface area contributed by atoms with E-state index in [0.717, 1.165) is 18.2 Å². The molecule has 29 heavy (non-hydrogen) atoms. The van der Waals surface area contributed by atoms with Gasteiger partial charge in [0.1, 0.15) is 5.69 Å². The van der Waals surface area contributed by atoms with Crippen molar-refractivity contribution in [2.45, 2.75) is 19.6 Å². The fourth-order valence-electron chi connectivity index (χ4n) is 2.75. The van der Waals surface area contributed by atoms with Crippen LogP contribution in [0.3, 0.4) is 0 Å². The number of aromatic carboxylic acids is 1. The first-order valence-corrected chi connectivity index (χ1v) is 8.55. The summed E-state index contributed by atoms with van der Waals surface area (Å²) < 4.78 is 53.9. The average Bonchev–Trinajstić information content (AvgIpc) is 3.02. The van der Waals surface area contributed by atoms with Gasteiger partial charge in [-0.15, -0.1) is 0 Å². The zero-order valence-electron chi connectivity index (χ0n) is 15.2. The Kier molecular flexibility index (Phi) is 5.54. The number of carboxylic acid groups (broad SMARTS) is 1. The summed E-state index contributed by atoms with van der Waals surface area (Å²) in [5.41, 5.74) is 0.986. The Morgan fingerprint density at radius 1 is 1.14 bits per heavy atom. The summed E-state index contributed by atoms with van der Waals surface area (Å²) in [7, 11) is 0. The molecule has 0 fully saturated rings. The van der Waals surface area contributed by atoms with Crippen LogP contribution in [0.1, 0.15) is 38.4 Å². The van der Waals surface area contributed by atoms with Crippen molar-refractivity contribution in [2.24, 2.45) is 0 Å². The van der Waals surface area contributed by atoms with Crippen LogP contribution in [0.2, 0.25) is 0 Å². The van der Waals surface area contributed by atoms with E-state index >= 15 is 0 Å². The Labute approximate surface area is 163 Å². The number of carboxylic acids is 1. The molecule has 0 aliphatic rings. The van der Waals surface area contributed by atoms with E-state index in [-0.39, 0.29) is 23.4 Å². The SMILES string of the molecule is Cc1cc(C(F)=Cc2ccc(C(F)(F)F)cc2)nn1Cc1cccc(C(=O)O)c1. The quantitative estimate of drug-likeness (QED) is 0.578. The van der Waals surface area contributed by atoms with Crippen LogP contribution in [0.4, 0.5) is 17.6 Å². The summed E-state index contributed by atoms with van der Waals surface area (Å²) in [5.74, 6) is -1.74. The first kappa shape index (κ1) is 20.3. The van der Waals surface area contributed by atoms with Crippen molar-refractivity contribution >= 4 is 17.9 Å². The van der Waals surface area contributed by atoms with E-state index in [1.165, 1.54) is 35.0 Å². The highest BCUT2D eigenvalue weighted by atomic mass is 19.4. The van der Waals surface area contributed by atoms with Gasteiger partial charge in [-0.2, -0.15) is 18.3 Å². The molecule has 4 nitrogen and oxygen atoms in total. The Hall–Kier alpha value is -3.42. The minimum Gasteiger partial charge on any atom is -0.478 e. The fraction of sp³-hybridized carbons (Fsp3) is 0.143. The molecule has 1 N–H and O–H groups in total. The summed E-state index contributed by atoms with van der Waals surface area (Å²) in [5, 5.41) is 13.2. The molecular weight excluding hydrogens is 388 g/mol. The van der Waals surface area contributed by atoms with Gasteiger partial charge in [0.15, 0.2) is 5.83 Å². The topological polar surface area (TPSA) is 55.1 Å². The zero-order valence-corrected chi connectivity index (χ0v) is 15.2. The van der Waals surface area contributed by atoms with Crippen molar-refractivity contribution < 1.29 is 27.5 Å². The number of nitrogens with zero attached hydrogens (tertiary/aromatic N) is 2. The predicted octanol–water partition coefficient (Wildman–Crippen LogP) is 5.42. The van der Waals surface area contributed by atoms with Gasteiger partial charge in [0.25, 0.3) is 0 Å². The number of carbonyl (C=O) groups is 1. The highest BCUT2D eigenvalue weighted by Gasteiger charge is 2.29. The molecule has 150 valence electrons. The van der Waals surface area contributed by atoms with E-state index in [0.29, 0.717) is 11.3 Å². The third-order valence-electron chi connectivity index (χ3n) is 4.26. The molecular formula is C21H16F4N2O2. The monoisotopic (exact) mass is 404 g/mol. The number of benzene rings is 2. The molecule has 0 aliphatic heterocycles. The first-order valence-electron chi connectivity index (χ1n) is 8.55. The smallest absolute Gasteiger partial charge is 0.416 e. The van der Waals surface area contributed by atoms with E-state index in [4.69, 9.17) is 5.11 Å². The van der Waals surface area contributed by atoms with Gasteiger partial charge >= 0.3 is 12.1 Å². The maximum Gasteiger partial charge on any atom is 0.416 e. The van der Waals surface area contributed by atoms with E-state index < -0.39 is 23.5 Å². The molecule has 3 rings (SSSR count). The Bertz CT molecular complexity index is 1070. The van der Waals surface area contributed by atoms with Crippen molar-refractivity contribution in [1.82, 2.24) is 9.78 Å². The van der Waals surface area contributed by atoms with Gasteiger partial charge in [-0.1, -0.05) is 24.3 Å². The van der Waals surface area contributed by atoms with Crippen LogP contribution >= 0.6 is 0 Å². The predicted molar refractivity (Wildman–Crippen MR) is 99.9 cm³/mol. The molecule has 0 atom stereocenters. The van der Waals surface area contributed by atoms with Crippen molar-refractivity contribution in [3.63, 3.8) is 0 Å². The van der Waals surface area contributed by atoms with Gasteiger partial charge in [0.2, 0.25) is 0 Å². The minimum absolute atomic E-state index is 0.0387. The van der Waals surface area contributed by atoms with Crippen LogP contribution in [0, 0.1) is 6.92 Å². The van der Waals surface area contributed by atoms with Crippen molar-refractivity contribution in [3.05, 3.63) is 88.2 Å². The highest BCUT2D eigenvalue weighted by molar-refractivity contribution is 5.87. The number of aryl methyl sites for hydroxylation is 1. The number of hydrogen-bond donors (Lipinski definition) is 1. The van der Waals surface area contributed by atoms with Crippen LogP contribution in [-0.4, -0.2) is 20.9 Å². The molecule has 0 radical (unpaired) electrons. The van der Waals surface area contributed by atoms with Crippen molar-refractivity contribution in [1.29, 1.82) is 0 Å². The van der Waals surface area contributed by atoms with Gasteiger partial charge in [0, 0.05) is 5.69 Å². The molecule has 1 aromatic heterocycles. The molecule has 0 saturated carbocycles. The number of alkyl halides is 3. The third kappa shape index (κ3) is 4.90. The summed E-state index contributed by atoms with van der Waals surface area (Å²) in [6.45, 7) is 1.98. The maximum atomic E-state index is 14.5. The molecule has 8 heteroatoms. The Morgan fingerprint density at radius 2 is 1.83 bits per heavy atom. The van der Waals surface area contributed by atoms with Crippen molar-refractivity contribution in [3.8, 4) is 0 Å². The minimum atomic E-state index is -4.45. The van der Waals surface area contributed by atoms with E-state index in [9.17, 15) is 22.4 Å². The molecule has 3 aromatic rings. The second-order valence-electron chi connectivity index (χ2n) is 6.45. The standard InChI is InChI=1S/C21H16F4N2O2/c1-13-9-19(18(22)11-14-5-7-17(8-6-14)21(23,24)25)26-27(13)12-15-3-2-4-16(10-15)20(28)29/h2-11H,12H2,1H3,(H,28,29). The van der Waals surface area contributed by atoms with Gasteiger partial charge in [0.05, 0.1) is 17.7 Å². The molecule has 0 spiro atoms. The highest BCUT2D eigenvalue weighted by Crippen LogP contribution is 2.29. The fourth-order valence-corrected chi connectivity index (χ4v) is 2.75. The van der Waals surface area contributed by atoms with Crippen molar-refractivity contribution in [2.75, 3.05) is 0 Å². The number of hydrogen-bond acceptors (Lipinski definition) is 2. The summed E-state index contributed by atoms with van der Waals surface area (Å²) in [6, 6.07) is 12.0. The largest absolute Gasteiger partial charge is 0.478 e. The normalized spacial score (nSPS) is 12.2.